The van der Waals surface area contributed by atoms with Gasteiger partial charge in [-0.15, -0.1) is 5.10 Å². The summed E-state index contributed by atoms with van der Waals surface area (Å²) in [6.07, 6.45) is 0. The van der Waals surface area contributed by atoms with E-state index < -0.39 is 6.04 Å². The first-order valence-electron chi connectivity index (χ1n) is 13.3. The molecule has 5 aromatic rings. The molecule has 0 radical (unpaired) electrons. The van der Waals surface area contributed by atoms with Crippen LogP contribution in [0.2, 0.25) is 0 Å². The second-order valence-corrected chi connectivity index (χ2v) is 10.1. The fourth-order valence-electron chi connectivity index (χ4n) is 5.43. The lowest BCUT2D eigenvalue weighted by molar-refractivity contribution is 0.200. The Kier molecular flexibility index (Phi) is 7.00. The number of ether oxygens (including phenoxy) is 1. The number of nitrogens with zero attached hydrogens (tertiary/aromatic N) is 6. The Morgan fingerprint density at radius 2 is 1.77 bits per heavy atom. The zero-order chi connectivity index (χ0) is 27.6. The third kappa shape index (κ3) is 5.05. The third-order valence-corrected chi connectivity index (χ3v) is 7.48. The zero-order valence-corrected chi connectivity index (χ0v) is 22.4. The van der Waals surface area contributed by atoms with Gasteiger partial charge in [0.15, 0.2) is 5.82 Å². The molecule has 10 heteroatoms. The monoisotopic (exact) mass is 539 g/mol. The van der Waals surface area contributed by atoms with Gasteiger partial charge in [0.25, 0.3) is 5.56 Å². The van der Waals surface area contributed by atoms with Crippen LogP contribution in [0.4, 0.5) is 10.1 Å². The summed E-state index contributed by atoms with van der Waals surface area (Å²) >= 11 is 0. The molecule has 0 amide bonds. The normalized spacial score (nSPS) is 14.9. The standard InChI is InChI=1S/C30H30FN7O2/c1-20-7-10-22-18-24(30(39)32-25(22)17-20)28(29-33-34-35-38(29)19-21-8-11-23(31)12-9-21)37-15-13-36(14-16-37)26-5-3-4-6-27(26)40-2/h3-12,17-18,28H,13-16,19H2,1-2H3,(H,32,39)/t28-/m1/s1. The summed E-state index contributed by atoms with van der Waals surface area (Å²) in [6.45, 7) is 5.18. The van der Waals surface area contributed by atoms with Crippen molar-refractivity contribution in [1.82, 2.24) is 30.1 Å². The molecule has 1 aliphatic rings. The highest BCUT2D eigenvalue weighted by Crippen LogP contribution is 2.32. The lowest BCUT2D eigenvalue weighted by Crippen LogP contribution is -2.49. The molecule has 1 fully saturated rings. The predicted molar refractivity (Wildman–Crippen MR) is 151 cm³/mol. The van der Waals surface area contributed by atoms with Gasteiger partial charge in [-0.25, -0.2) is 9.07 Å². The van der Waals surface area contributed by atoms with E-state index in [1.165, 1.54) is 12.1 Å². The van der Waals surface area contributed by atoms with Crippen LogP contribution in [0, 0.1) is 12.7 Å². The number of hydrogen-bond donors (Lipinski definition) is 1. The smallest absolute Gasteiger partial charge is 0.253 e. The van der Waals surface area contributed by atoms with Gasteiger partial charge in [-0.2, -0.15) is 0 Å². The van der Waals surface area contributed by atoms with Gasteiger partial charge in [-0.3, -0.25) is 9.69 Å². The van der Waals surface area contributed by atoms with E-state index >= 15 is 0 Å². The molecule has 1 N–H and O–H groups in total. The first-order valence-corrected chi connectivity index (χ1v) is 13.3. The van der Waals surface area contributed by atoms with E-state index in [9.17, 15) is 9.18 Å². The molecule has 9 nitrogen and oxygen atoms in total. The summed E-state index contributed by atoms with van der Waals surface area (Å²) in [4.78, 5) is 21.2. The Labute approximate surface area is 230 Å². The number of fused-ring (bicyclic) bond motifs is 1. The van der Waals surface area contributed by atoms with Crippen molar-refractivity contribution in [2.45, 2.75) is 19.5 Å². The molecule has 0 aliphatic carbocycles. The van der Waals surface area contributed by atoms with E-state index in [0.717, 1.165) is 46.6 Å². The van der Waals surface area contributed by atoms with Crippen LogP contribution in [-0.4, -0.2) is 63.4 Å². The number of methoxy groups -OCH3 is 1. The summed E-state index contributed by atoms with van der Waals surface area (Å²) in [5, 5.41) is 13.6. The van der Waals surface area contributed by atoms with Crippen LogP contribution in [0.15, 0.2) is 77.6 Å². The van der Waals surface area contributed by atoms with Crippen molar-refractivity contribution in [3.05, 3.63) is 111 Å². The third-order valence-electron chi connectivity index (χ3n) is 7.48. The summed E-state index contributed by atoms with van der Waals surface area (Å²) in [6, 6.07) is 21.7. The van der Waals surface area contributed by atoms with Crippen LogP contribution in [0.1, 0.15) is 28.6 Å². The highest BCUT2D eigenvalue weighted by molar-refractivity contribution is 5.79. The summed E-state index contributed by atoms with van der Waals surface area (Å²) in [7, 11) is 1.68. The van der Waals surface area contributed by atoms with Gasteiger partial charge in [0.05, 0.1) is 19.3 Å². The van der Waals surface area contributed by atoms with E-state index in [1.54, 1.807) is 23.9 Å². The molecule has 40 heavy (non-hydrogen) atoms. The molecule has 0 bridgehead atoms. The van der Waals surface area contributed by atoms with E-state index in [4.69, 9.17) is 4.74 Å². The fourth-order valence-corrected chi connectivity index (χ4v) is 5.43. The van der Waals surface area contributed by atoms with Crippen LogP contribution in [0.25, 0.3) is 10.9 Å². The number of rotatable bonds is 7. The van der Waals surface area contributed by atoms with E-state index in [2.05, 4.69) is 36.4 Å². The minimum absolute atomic E-state index is 0.174. The second-order valence-electron chi connectivity index (χ2n) is 10.1. The van der Waals surface area contributed by atoms with Crippen LogP contribution in [0.5, 0.6) is 5.75 Å². The van der Waals surface area contributed by atoms with Gasteiger partial charge in [0.1, 0.15) is 17.6 Å². The maximum atomic E-state index is 13.6. The Balaban J connectivity index is 1.38. The number of nitrogens with one attached hydrogen (secondary N) is 1. The molecular formula is C30H30FN7O2. The number of piperazine rings is 1. The highest BCUT2D eigenvalue weighted by Gasteiger charge is 2.33. The molecule has 1 atom stereocenters. The van der Waals surface area contributed by atoms with Gasteiger partial charge in [0, 0.05) is 37.3 Å². The van der Waals surface area contributed by atoms with Gasteiger partial charge >= 0.3 is 0 Å². The van der Waals surface area contributed by atoms with Crippen molar-refractivity contribution >= 4 is 16.6 Å². The first-order chi connectivity index (χ1) is 19.5. The minimum atomic E-state index is -0.482. The molecule has 3 aromatic carbocycles. The predicted octanol–water partition coefficient (Wildman–Crippen LogP) is 3.93. The molecule has 2 aromatic heterocycles. The lowest BCUT2D eigenvalue weighted by Gasteiger charge is -2.40. The van der Waals surface area contributed by atoms with Crippen LogP contribution in [-0.2, 0) is 6.54 Å². The van der Waals surface area contributed by atoms with Crippen molar-refractivity contribution in [1.29, 1.82) is 0 Å². The highest BCUT2D eigenvalue weighted by atomic mass is 19.1. The zero-order valence-electron chi connectivity index (χ0n) is 22.4. The number of aromatic nitrogens is 5. The van der Waals surface area contributed by atoms with Crippen molar-refractivity contribution in [2.24, 2.45) is 0 Å². The maximum absolute atomic E-state index is 13.6. The molecule has 6 rings (SSSR count). The number of aromatic amines is 1. The molecule has 3 heterocycles. The molecular weight excluding hydrogens is 509 g/mol. The summed E-state index contributed by atoms with van der Waals surface area (Å²) < 4.78 is 20.8. The number of anilines is 1. The molecule has 1 saturated heterocycles. The Hall–Kier alpha value is -4.57. The number of aryl methyl sites for hydroxylation is 1. The Bertz CT molecular complexity index is 1690. The quantitative estimate of drug-likeness (QED) is 0.335. The molecule has 0 spiro atoms. The number of tetrazole rings is 1. The Morgan fingerprint density at radius 1 is 1.00 bits per heavy atom. The van der Waals surface area contributed by atoms with Crippen molar-refractivity contribution in [3.63, 3.8) is 0 Å². The van der Waals surface area contributed by atoms with E-state index in [1.807, 2.05) is 49.4 Å². The number of halogens is 1. The average Bonchev–Trinajstić information content (AvgIpc) is 3.42. The topological polar surface area (TPSA) is 92.2 Å². The summed E-state index contributed by atoms with van der Waals surface area (Å²) in [5.74, 6) is 1.09. The summed E-state index contributed by atoms with van der Waals surface area (Å²) in [5.41, 5.74) is 4.17. The number of H-pyrrole nitrogens is 1. The van der Waals surface area contributed by atoms with Gasteiger partial charge in [-0.1, -0.05) is 36.4 Å². The second kappa shape index (κ2) is 10.9. The van der Waals surface area contributed by atoms with Gasteiger partial charge < -0.3 is 14.6 Å². The van der Waals surface area contributed by atoms with Crippen molar-refractivity contribution < 1.29 is 9.13 Å². The molecule has 1 aliphatic heterocycles. The molecule has 0 saturated carbocycles. The molecule has 0 unspecified atom stereocenters. The number of pyridine rings is 1. The maximum Gasteiger partial charge on any atom is 0.253 e. The van der Waals surface area contributed by atoms with Crippen LogP contribution >= 0.6 is 0 Å². The fraction of sp³-hybridized carbons (Fsp3) is 0.267. The number of para-hydroxylation sites is 2. The first kappa shape index (κ1) is 25.7. The van der Waals surface area contributed by atoms with Crippen molar-refractivity contribution in [3.8, 4) is 5.75 Å². The Morgan fingerprint density at radius 3 is 2.55 bits per heavy atom. The van der Waals surface area contributed by atoms with Crippen LogP contribution in [0.3, 0.4) is 0 Å². The average molecular weight is 540 g/mol. The SMILES string of the molecule is COc1ccccc1N1CCN([C@H](c2cc3ccc(C)cc3[nH]c2=O)c2nnnn2Cc2ccc(F)cc2)CC1. The van der Waals surface area contributed by atoms with Gasteiger partial charge in [0.2, 0.25) is 0 Å². The molecule has 204 valence electrons. The lowest BCUT2D eigenvalue weighted by atomic mass is 10.0. The minimum Gasteiger partial charge on any atom is -0.495 e. The van der Waals surface area contributed by atoms with Gasteiger partial charge in [-0.05, 0) is 70.3 Å². The largest absolute Gasteiger partial charge is 0.495 e. The van der Waals surface area contributed by atoms with E-state index in [-0.39, 0.29) is 11.4 Å². The number of benzene rings is 3. The van der Waals surface area contributed by atoms with Crippen molar-refractivity contribution in [2.75, 3.05) is 38.2 Å². The number of hydrogen-bond acceptors (Lipinski definition) is 7. The van der Waals surface area contributed by atoms with E-state index in [0.29, 0.717) is 31.0 Å². The van der Waals surface area contributed by atoms with Crippen LogP contribution < -0.4 is 15.2 Å².